The molecular formula is C14H21F2N2NaO2. The predicted octanol–water partition coefficient (Wildman–Crippen LogP) is 0.761. The van der Waals surface area contributed by atoms with Gasteiger partial charge in [0.15, 0.2) is 0 Å². The van der Waals surface area contributed by atoms with Crippen LogP contribution in [0.1, 0.15) is 40.2 Å². The van der Waals surface area contributed by atoms with Gasteiger partial charge in [-0.2, -0.15) is 0 Å². The number of carbonyl (C=O) groups excluding carboxylic acids is 1. The van der Waals surface area contributed by atoms with Gasteiger partial charge in [0.25, 0.3) is 0 Å². The monoisotopic (exact) mass is 310 g/mol. The number of aromatic nitrogens is 1. The van der Waals surface area contributed by atoms with E-state index in [1.165, 1.54) is 24.3 Å². The summed E-state index contributed by atoms with van der Waals surface area (Å²) in [6, 6.07) is 2.50. The van der Waals surface area contributed by atoms with E-state index in [9.17, 15) is 13.6 Å². The van der Waals surface area contributed by atoms with E-state index in [0.717, 1.165) is 0 Å². The van der Waals surface area contributed by atoms with Gasteiger partial charge in [0.05, 0.1) is 6.04 Å². The van der Waals surface area contributed by atoms with Crippen molar-refractivity contribution in [1.82, 2.24) is 9.88 Å². The Hall–Kier alpha value is -0.720. The van der Waals surface area contributed by atoms with E-state index in [1.54, 1.807) is 32.9 Å². The van der Waals surface area contributed by atoms with Crippen molar-refractivity contribution >= 4 is 6.09 Å². The Morgan fingerprint density at radius 3 is 2.33 bits per heavy atom. The summed E-state index contributed by atoms with van der Waals surface area (Å²) >= 11 is 0. The van der Waals surface area contributed by atoms with Crippen LogP contribution in [0.3, 0.4) is 0 Å². The maximum atomic E-state index is 12.7. The number of halogens is 2. The van der Waals surface area contributed by atoms with Gasteiger partial charge in [-0.3, -0.25) is 4.98 Å². The van der Waals surface area contributed by atoms with Gasteiger partial charge in [0.2, 0.25) is 6.43 Å². The van der Waals surface area contributed by atoms with Crippen LogP contribution in [0.5, 0.6) is 0 Å². The fraction of sp³-hybridized carbons (Fsp3) is 0.571. The van der Waals surface area contributed by atoms with Crippen LogP contribution >= 0.6 is 0 Å². The van der Waals surface area contributed by atoms with Crippen LogP contribution in [0.15, 0.2) is 24.5 Å². The molecular weight excluding hydrogens is 289 g/mol. The van der Waals surface area contributed by atoms with Crippen LogP contribution in [0.25, 0.3) is 0 Å². The molecule has 1 amide bonds. The fourth-order valence-electron chi connectivity index (χ4n) is 1.73. The first-order valence-corrected chi connectivity index (χ1v) is 6.34. The van der Waals surface area contributed by atoms with Crippen molar-refractivity contribution in [2.24, 2.45) is 0 Å². The molecule has 1 aromatic heterocycles. The van der Waals surface area contributed by atoms with Gasteiger partial charge in [0, 0.05) is 25.9 Å². The molecule has 114 valence electrons. The number of pyridine rings is 1. The average Bonchev–Trinajstić information content (AvgIpc) is 2.34. The molecule has 0 bridgehead atoms. The van der Waals surface area contributed by atoms with Gasteiger partial charge in [0.1, 0.15) is 5.60 Å². The van der Waals surface area contributed by atoms with Crippen molar-refractivity contribution in [2.45, 2.75) is 45.3 Å². The second-order valence-electron chi connectivity index (χ2n) is 5.51. The minimum atomic E-state index is -2.52. The predicted molar refractivity (Wildman–Crippen MR) is 72.7 cm³/mol. The summed E-state index contributed by atoms with van der Waals surface area (Å²) in [4.78, 5) is 17.0. The first kappa shape index (κ1) is 20.3. The normalized spacial score (nSPS) is 12.5. The van der Waals surface area contributed by atoms with E-state index in [-0.39, 0.29) is 31.0 Å². The van der Waals surface area contributed by atoms with Crippen molar-refractivity contribution in [3.8, 4) is 0 Å². The number of hydrogen-bond donors (Lipinski definition) is 0. The number of ether oxygens (including phenoxy) is 1. The summed E-state index contributed by atoms with van der Waals surface area (Å²) in [6.45, 7) is 5.19. The zero-order valence-electron chi connectivity index (χ0n) is 14.1. The van der Waals surface area contributed by atoms with Crippen molar-refractivity contribution in [3.05, 3.63) is 30.1 Å². The smallest absolute Gasteiger partial charge is 1.00 e. The van der Waals surface area contributed by atoms with Crippen LogP contribution < -0.4 is 29.6 Å². The third-order valence-electron chi connectivity index (χ3n) is 2.64. The minimum Gasteiger partial charge on any atom is -1.00 e. The topological polar surface area (TPSA) is 42.4 Å². The third-order valence-corrected chi connectivity index (χ3v) is 2.64. The first-order valence-electron chi connectivity index (χ1n) is 6.34. The van der Waals surface area contributed by atoms with E-state index in [2.05, 4.69) is 4.98 Å². The molecule has 1 heterocycles. The Morgan fingerprint density at radius 2 is 1.90 bits per heavy atom. The molecule has 0 fully saturated rings. The molecule has 0 saturated carbocycles. The van der Waals surface area contributed by atoms with E-state index in [0.29, 0.717) is 5.56 Å². The Labute approximate surface area is 147 Å². The molecule has 0 N–H and O–H groups in total. The van der Waals surface area contributed by atoms with Crippen LogP contribution in [0, 0.1) is 0 Å². The molecule has 0 aliphatic carbocycles. The zero-order valence-corrected chi connectivity index (χ0v) is 15.1. The SMILES string of the molecule is CN(C(=O)OC(C)(C)C)C(CC(F)F)c1ccncc1.[H-].[Na+]. The van der Waals surface area contributed by atoms with Crippen molar-refractivity contribution in [3.63, 3.8) is 0 Å². The number of amides is 1. The maximum absolute atomic E-state index is 12.7. The molecule has 7 heteroatoms. The van der Waals surface area contributed by atoms with Crippen molar-refractivity contribution in [1.29, 1.82) is 0 Å². The van der Waals surface area contributed by atoms with Crippen LogP contribution in [-0.2, 0) is 4.74 Å². The molecule has 0 aliphatic heterocycles. The minimum absolute atomic E-state index is 0. The Balaban J connectivity index is 0. The summed E-state index contributed by atoms with van der Waals surface area (Å²) in [5.74, 6) is 0. The molecule has 1 rings (SSSR count). The molecule has 0 saturated heterocycles. The summed E-state index contributed by atoms with van der Waals surface area (Å²) in [7, 11) is 1.46. The summed E-state index contributed by atoms with van der Waals surface area (Å²) in [5.41, 5.74) is -0.0625. The third kappa shape index (κ3) is 7.20. The standard InChI is InChI=1S/C14H20F2N2O2.Na.H/c1-14(2,3)20-13(19)18(4)11(9-12(15)16)10-5-7-17-8-6-10;;/h5-8,11-12H,9H2,1-4H3;;/q;+1;-1. The van der Waals surface area contributed by atoms with Crippen LogP contribution in [0.2, 0.25) is 0 Å². The number of rotatable bonds is 4. The van der Waals surface area contributed by atoms with Gasteiger partial charge in [-0.25, -0.2) is 13.6 Å². The molecule has 0 spiro atoms. The number of hydrogen-bond acceptors (Lipinski definition) is 3. The van der Waals surface area contributed by atoms with E-state index in [1.807, 2.05) is 0 Å². The van der Waals surface area contributed by atoms with Crippen molar-refractivity contribution in [2.75, 3.05) is 7.05 Å². The molecule has 1 atom stereocenters. The van der Waals surface area contributed by atoms with Gasteiger partial charge in [-0.05, 0) is 38.5 Å². The molecule has 0 radical (unpaired) electrons. The van der Waals surface area contributed by atoms with Crippen molar-refractivity contribution < 1.29 is 49.3 Å². The van der Waals surface area contributed by atoms with Gasteiger partial charge >= 0.3 is 35.7 Å². The Kier molecular flexibility index (Phi) is 8.36. The number of nitrogens with zero attached hydrogens (tertiary/aromatic N) is 2. The molecule has 0 aliphatic rings. The first-order chi connectivity index (χ1) is 9.20. The zero-order chi connectivity index (χ0) is 15.3. The summed E-state index contributed by atoms with van der Waals surface area (Å²) < 4.78 is 30.7. The second-order valence-corrected chi connectivity index (χ2v) is 5.51. The van der Waals surface area contributed by atoms with Gasteiger partial charge < -0.3 is 11.1 Å². The second kappa shape index (κ2) is 8.66. The van der Waals surface area contributed by atoms with E-state index >= 15 is 0 Å². The van der Waals surface area contributed by atoms with Gasteiger partial charge in [-0.15, -0.1) is 0 Å². The van der Waals surface area contributed by atoms with Crippen LogP contribution in [-0.4, -0.2) is 35.1 Å². The van der Waals surface area contributed by atoms with Crippen LogP contribution in [0.4, 0.5) is 13.6 Å². The molecule has 0 aromatic carbocycles. The molecule has 4 nitrogen and oxygen atoms in total. The Morgan fingerprint density at radius 1 is 1.38 bits per heavy atom. The summed E-state index contributed by atoms with van der Waals surface area (Å²) in [6.07, 6.45) is -0.564. The average molecular weight is 310 g/mol. The van der Waals surface area contributed by atoms with E-state index in [4.69, 9.17) is 4.74 Å². The molecule has 1 unspecified atom stereocenters. The summed E-state index contributed by atoms with van der Waals surface area (Å²) in [5, 5.41) is 0. The fourth-order valence-corrected chi connectivity index (χ4v) is 1.73. The largest absolute Gasteiger partial charge is 1.00 e. The molecule has 21 heavy (non-hydrogen) atoms. The quantitative estimate of drug-likeness (QED) is 0.771. The number of carbonyl (C=O) groups is 1. The molecule has 1 aromatic rings. The number of alkyl halides is 2. The van der Waals surface area contributed by atoms with Gasteiger partial charge in [-0.1, -0.05) is 0 Å². The van der Waals surface area contributed by atoms with E-state index < -0.39 is 30.6 Å². The Bertz CT molecular complexity index is 444. The maximum Gasteiger partial charge on any atom is 1.00 e.